The average molecular weight is 408 g/mol. The Morgan fingerprint density at radius 1 is 1.21 bits per heavy atom. The molecule has 0 aromatic heterocycles. The van der Waals surface area contributed by atoms with Crippen LogP contribution in [0.4, 0.5) is 5.69 Å². The second-order valence-corrected chi connectivity index (χ2v) is 7.67. The van der Waals surface area contributed by atoms with E-state index in [9.17, 15) is 4.79 Å². The molecule has 28 heavy (non-hydrogen) atoms. The molecule has 1 aromatic carbocycles. The van der Waals surface area contributed by atoms with Gasteiger partial charge in [-0.05, 0) is 74.8 Å². The van der Waals surface area contributed by atoms with E-state index in [0.717, 1.165) is 57.0 Å². The van der Waals surface area contributed by atoms with Gasteiger partial charge in [-0.15, -0.1) is 0 Å². The molecule has 7 heteroatoms. The largest absolute Gasteiger partial charge is 0.494 e. The van der Waals surface area contributed by atoms with Gasteiger partial charge in [0.2, 0.25) is 5.91 Å². The van der Waals surface area contributed by atoms with E-state index in [2.05, 4.69) is 22.5 Å². The van der Waals surface area contributed by atoms with Gasteiger partial charge >= 0.3 is 0 Å². The lowest BCUT2D eigenvalue weighted by Gasteiger charge is -2.31. The molecule has 2 N–H and O–H groups in total. The normalized spacial score (nSPS) is 15.2. The quantitative estimate of drug-likeness (QED) is 0.458. The van der Waals surface area contributed by atoms with Crippen molar-refractivity contribution in [3.05, 3.63) is 24.3 Å². The second-order valence-electron chi connectivity index (χ2n) is 7.26. The van der Waals surface area contributed by atoms with Crippen molar-refractivity contribution < 1.29 is 14.3 Å². The Morgan fingerprint density at radius 3 is 2.57 bits per heavy atom. The van der Waals surface area contributed by atoms with Crippen molar-refractivity contribution >= 4 is 28.9 Å². The maximum Gasteiger partial charge on any atom is 0.240 e. The molecule has 156 valence electrons. The number of anilines is 1. The fourth-order valence-electron chi connectivity index (χ4n) is 3.26. The number of likely N-dealkylation sites (tertiary alicyclic amines) is 1. The molecule has 0 bridgehead atoms. The second kappa shape index (κ2) is 12.7. The molecular formula is C21H33N3O3S. The van der Waals surface area contributed by atoms with Gasteiger partial charge in [-0.2, -0.15) is 0 Å². The zero-order valence-corrected chi connectivity index (χ0v) is 17.9. The van der Waals surface area contributed by atoms with Crippen molar-refractivity contribution in [3.63, 3.8) is 0 Å². The molecule has 1 aromatic rings. The summed E-state index contributed by atoms with van der Waals surface area (Å²) in [4.78, 5) is 14.4. The Hall–Kier alpha value is -1.70. The van der Waals surface area contributed by atoms with Gasteiger partial charge in [-0.25, -0.2) is 0 Å². The summed E-state index contributed by atoms with van der Waals surface area (Å²) in [6.07, 6.45) is 5.56. The topological polar surface area (TPSA) is 62.8 Å². The third kappa shape index (κ3) is 8.54. The van der Waals surface area contributed by atoms with Crippen LogP contribution in [0.3, 0.4) is 0 Å². The zero-order chi connectivity index (χ0) is 20.2. The minimum Gasteiger partial charge on any atom is -0.494 e. The van der Waals surface area contributed by atoms with Gasteiger partial charge in [0.15, 0.2) is 5.11 Å². The molecule has 1 aliphatic rings. The molecule has 0 radical (unpaired) electrons. The highest BCUT2D eigenvalue weighted by Crippen LogP contribution is 2.17. The molecule has 1 saturated heterocycles. The third-order valence-electron chi connectivity index (χ3n) is 4.86. The van der Waals surface area contributed by atoms with E-state index < -0.39 is 0 Å². The van der Waals surface area contributed by atoms with Gasteiger partial charge in [0.05, 0.1) is 13.2 Å². The van der Waals surface area contributed by atoms with Crippen molar-refractivity contribution in [2.24, 2.45) is 5.92 Å². The summed E-state index contributed by atoms with van der Waals surface area (Å²) in [7, 11) is 1.74. The van der Waals surface area contributed by atoms with Gasteiger partial charge in [0, 0.05) is 19.4 Å². The van der Waals surface area contributed by atoms with Gasteiger partial charge < -0.3 is 20.1 Å². The van der Waals surface area contributed by atoms with E-state index in [-0.39, 0.29) is 5.91 Å². The van der Waals surface area contributed by atoms with Crippen LogP contribution in [0.5, 0.6) is 5.75 Å². The first-order valence-electron chi connectivity index (χ1n) is 10.2. The Balaban J connectivity index is 1.66. The van der Waals surface area contributed by atoms with E-state index in [1.54, 1.807) is 7.11 Å². The van der Waals surface area contributed by atoms with Crippen LogP contribution in [0.1, 0.15) is 39.0 Å². The van der Waals surface area contributed by atoms with Crippen LogP contribution in [0, 0.1) is 5.92 Å². The van der Waals surface area contributed by atoms with Crippen LogP contribution < -0.4 is 15.4 Å². The fourth-order valence-corrected chi connectivity index (χ4v) is 3.49. The number of carbonyl (C=O) groups excluding carboxylic acids is 1. The number of hydrogen-bond acceptors (Lipinski definition) is 5. The minimum absolute atomic E-state index is 0.0847. The van der Waals surface area contributed by atoms with Gasteiger partial charge in [-0.1, -0.05) is 19.8 Å². The molecule has 6 nitrogen and oxygen atoms in total. The predicted octanol–water partition coefficient (Wildman–Crippen LogP) is 3.43. The van der Waals surface area contributed by atoms with Gasteiger partial charge in [-0.3, -0.25) is 9.69 Å². The smallest absolute Gasteiger partial charge is 0.240 e. The molecule has 1 fully saturated rings. The lowest BCUT2D eigenvalue weighted by molar-refractivity contribution is -0.121. The van der Waals surface area contributed by atoms with Crippen molar-refractivity contribution in [2.45, 2.75) is 39.0 Å². The highest BCUT2D eigenvalue weighted by Gasteiger charge is 2.20. The molecule has 1 heterocycles. The number of nitrogens with one attached hydrogen (secondary N) is 2. The standard InChI is InChI=1S/C21H33N3O3S/c1-3-4-5-14-27-19-8-6-18(7-9-19)22-21(28)23-20(25)15-24-12-10-17(11-13-24)16-26-2/h6-9,17H,3-5,10-16H2,1-2H3,(H2,22,23,25,28). The van der Waals surface area contributed by atoms with E-state index in [1.165, 1.54) is 12.8 Å². The third-order valence-corrected chi connectivity index (χ3v) is 5.06. The number of amides is 1. The number of methoxy groups -OCH3 is 1. The van der Waals surface area contributed by atoms with Crippen LogP contribution in [-0.4, -0.2) is 55.9 Å². The van der Waals surface area contributed by atoms with Crippen molar-refractivity contribution in [2.75, 3.05) is 45.3 Å². The number of benzene rings is 1. The highest BCUT2D eigenvalue weighted by atomic mass is 32.1. The molecule has 0 spiro atoms. The molecule has 0 aliphatic carbocycles. The summed E-state index contributed by atoms with van der Waals surface area (Å²) in [6.45, 7) is 5.91. The first-order valence-corrected chi connectivity index (χ1v) is 10.6. The Labute approximate surface area is 174 Å². The minimum atomic E-state index is -0.0847. The van der Waals surface area contributed by atoms with Gasteiger partial charge in [0.1, 0.15) is 5.75 Å². The van der Waals surface area contributed by atoms with E-state index >= 15 is 0 Å². The Kier molecular flexibility index (Phi) is 10.2. The Bertz CT molecular complexity index is 601. The maximum absolute atomic E-state index is 12.2. The summed E-state index contributed by atoms with van der Waals surface area (Å²) in [5.41, 5.74) is 0.826. The zero-order valence-electron chi connectivity index (χ0n) is 17.0. The Morgan fingerprint density at radius 2 is 1.93 bits per heavy atom. The van der Waals surface area contributed by atoms with Crippen LogP contribution in [-0.2, 0) is 9.53 Å². The summed E-state index contributed by atoms with van der Waals surface area (Å²) in [6, 6.07) is 7.61. The number of nitrogens with zero attached hydrogens (tertiary/aromatic N) is 1. The molecule has 0 atom stereocenters. The van der Waals surface area contributed by atoms with Crippen molar-refractivity contribution in [1.82, 2.24) is 10.2 Å². The SMILES string of the molecule is CCCCCOc1ccc(NC(=S)NC(=O)CN2CCC(COC)CC2)cc1. The van der Waals surface area contributed by atoms with Gasteiger partial charge in [0.25, 0.3) is 0 Å². The predicted molar refractivity (Wildman–Crippen MR) is 117 cm³/mol. The highest BCUT2D eigenvalue weighted by molar-refractivity contribution is 7.80. The molecular weight excluding hydrogens is 374 g/mol. The molecule has 0 unspecified atom stereocenters. The van der Waals surface area contributed by atoms with Crippen LogP contribution in [0.25, 0.3) is 0 Å². The van der Waals surface area contributed by atoms with E-state index in [0.29, 0.717) is 17.6 Å². The molecule has 0 saturated carbocycles. The first-order chi connectivity index (χ1) is 13.6. The number of hydrogen-bond donors (Lipinski definition) is 2. The van der Waals surface area contributed by atoms with E-state index in [1.807, 2.05) is 24.3 Å². The summed E-state index contributed by atoms with van der Waals surface area (Å²) < 4.78 is 10.9. The van der Waals surface area contributed by atoms with Crippen molar-refractivity contribution in [1.29, 1.82) is 0 Å². The molecule has 2 rings (SSSR count). The van der Waals surface area contributed by atoms with Crippen LogP contribution in [0.15, 0.2) is 24.3 Å². The van der Waals surface area contributed by atoms with Crippen LogP contribution in [0.2, 0.25) is 0 Å². The number of carbonyl (C=O) groups is 1. The number of unbranched alkanes of at least 4 members (excludes halogenated alkanes) is 2. The summed E-state index contributed by atoms with van der Waals surface area (Å²) >= 11 is 5.26. The summed E-state index contributed by atoms with van der Waals surface area (Å²) in [5.74, 6) is 1.36. The maximum atomic E-state index is 12.2. The number of ether oxygens (including phenoxy) is 2. The monoisotopic (exact) mass is 407 g/mol. The average Bonchev–Trinajstić information content (AvgIpc) is 2.68. The number of thiocarbonyl (C=S) groups is 1. The molecule has 1 amide bonds. The summed E-state index contributed by atoms with van der Waals surface area (Å²) in [5, 5.41) is 6.12. The first kappa shape index (κ1) is 22.6. The number of piperidine rings is 1. The van der Waals surface area contributed by atoms with Crippen LogP contribution >= 0.6 is 12.2 Å². The van der Waals surface area contributed by atoms with Crippen molar-refractivity contribution in [3.8, 4) is 5.75 Å². The number of rotatable bonds is 10. The van der Waals surface area contributed by atoms with E-state index in [4.69, 9.17) is 21.7 Å². The lowest BCUT2D eigenvalue weighted by atomic mass is 9.98. The lowest BCUT2D eigenvalue weighted by Crippen LogP contribution is -2.44. The fraction of sp³-hybridized carbons (Fsp3) is 0.619. The molecule has 1 aliphatic heterocycles.